The van der Waals surface area contributed by atoms with Gasteiger partial charge < -0.3 is 15.5 Å². The van der Waals surface area contributed by atoms with E-state index in [0.29, 0.717) is 18.0 Å². The van der Waals surface area contributed by atoms with Crippen molar-refractivity contribution in [2.45, 2.75) is 25.9 Å². The molecule has 18 heavy (non-hydrogen) atoms. The summed E-state index contributed by atoms with van der Waals surface area (Å²) in [7, 11) is 0. The molecule has 102 valence electrons. The van der Waals surface area contributed by atoms with Crippen molar-refractivity contribution in [1.29, 1.82) is 0 Å². The molecule has 4 heteroatoms. The summed E-state index contributed by atoms with van der Waals surface area (Å²) in [5, 5.41) is 21.9. The van der Waals surface area contributed by atoms with Gasteiger partial charge in [-0.05, 0) is 36.6 Å². The summed E-state index contributed by atoms with van der Waals surface area (Å²) in [4.78, 5) is 0. The van der Waals surface area contributed by atoms with Crippen molar-refractivity contribution in [2.24, 2.45) is 5.92 Å². The minimum absolute atomic E-state index is 0.195. The Morgan fingerprint density at radius 2 is 1.89 bits per heavy atom. The first-order chi connectivity index (χ1) is 8.67. The highest BCUT2D eigenvalue weighted by Gasteiger charge is 2.09. The fourth-order valence-electron chi connectivity index (χ4n) is 1.86. The van der Waals surface area contributed by atoms with Crippen molar-refractivity contribution in [1.82, 2.24) is 5.32 Å². The molecule has 0 amide bonds. The maximum absolute atomic E-state index is 12.7. The zero-order valence-corrected chi connectivity index (χ0v) is 10.8. The predicted octanol–water partition coefficient (Wildman–Crippen LogP) is 1.86. The van der Waals surface area contributed by atoms with E-state index in [0.717, 1.165) is 19.4 Å². The van der Waals surface area contributed by atoms with Crippen LogP contribution in [0, 0.1) is 11.7 Å². The Bertz CT molecular complexity index is 329. The predicted molar refractivity (Wildman–Crippen MR) is 69.7 cm³/mol. The summed E-state index contributed by atoms with van der Waals surface area (Å²) in [6.07, 6.45) is 1.15. The first-order valence-corrected chi connectivity index (χ1v) is 6.42. The van der Waals surface area contributed by atoms with Crippen LogP contribution >= 0.6 is 0 Å². The Morgan fingerprint density at radius 1 is 1.22 bits per heavy atom. The summed E-state index contributed by atoms with van der Waals surface area (Å²) < 4.78 is 12.7. The minimum atomic E-state index is -0.628. The molecule has 1 aromatic rings. The van der Waals surface area contributed by atoms with Gasteiger partial charge >= 0.3 is 0 Å². The third kappa shape index (κ3) is 5.12. The summed E-state index contributed by atoms with van der Waals surface area (Å²) in [6.45, 7) is 3.49. The number of hydrogen-bond acceptors (Lipinski definition) is 3. The molecule has 0 aliphatic rings. The Morgan fingerprint density at radius 3 is 2.44 bits per heavy atom. The van der Waals surface area contributed by atoms with Gasteiger partial charge in [-0.25, -0.2) is 4.39 Å². The van der Waals surface area contributed by atoms with Crippen LogP contribution in [-0.4, -0.2) is 29.9 Å². The quantitative estimate of drug-likeness (QED) is 0.664. The molecule has 0 heterocycles. The molecule has 0 aromatic heterocycles. The number of hydrogen-bond donors (Lipinski definition) is 3. The van der Waals surface area contributed by atoms with Crippen LogP contribution in [0.4, 0.5) is 4.39 Å². The molecule has 0 radical (unpaired) electrons. The average Bonchev–Trinajstić information content (AvgIpc) is 2.38. The highest BCUT2D eigenvalue weighted by Crippen LogP contribution is 2.13. The fraction of sp³-hybridized carbons (Fsp3) is 0.571. The molecular formula is C14H22FNO2. The molecule has 0 spiro atoms. The Hall–Kier alpha value is -0.970. The number of rotatable bonds is 8. The number of aliphatic hydroxyl groups excluding tert-OH is 2. The lowest BCUT2D eigenvalue weighted by atomic mass is 10.0. The van der Waals surface area contributed by atoms with Crippen LogP contribution in [0.3, 0.4) is 0 Å². The highest BCUT2D eigenvalue weighted by atomic mass is 19.1. The largest absolute Gasteiger partial charge is 0.396 e. The molecule has 2 unspecified atom stereocenters. The molecule has 0 aliphatic carbocycles. The lowest BCUT2D eigenvalue weighted by molar-refractivity contribution is 0.170. The molecule has 0 fully saturated rings. The van der Waals surface area contributed by atoms with Crippen LogP contribution in [0.25, 0.3) is 0 Å². The third-order valence-electron chi connectivity index (χ3n) is 3.14. The van der Waals surface area contributed by atoms with Crippen LogP contribution in [0.2, 0.25) is 0 Å². The molecule has 3 N–H and O–H groups in total. The van der Waals surface area contributed by atoms with Gasteiger partial charge in [-0.2, -0.15) is 0 Å². The third-order valence-corrected chi connectivity index (χ3v) is 3.14. The van der Waals surface area contributed by atoms with Gasteiger partial charge in [0.05, 0.1) is 6.10 Å². The number of benzene rings is 1. The molecule has 0 saturated carbocycles. The Labute approximate surface area is 108 Å². The molecule has 0 bridgehead atoms. The molecule has 1 aromatic carbocycles. The average molecular weight is 255 g/mol. The van der Waals surface area contributed by atoms with Crippen molar-refractivity contribution in [2.75, 3.05) is 19.7 Å². The number of halogens is 1. The summed E-state index contributed by atoms with van der Waals surface area (Å²) in [5.41, 5.74) is 0.708. The van der Waals surface area contributed by atoms with E-state index < -0.39 is 6.10 Å². The molecule has 3 nitrogen and oxygen atoms in total. The minimum Gasteiger partial charge on any atom is -0.396 e. The normalized spacial score (nSPS) is 14.4. The van der Waals surface area contributed by atoms with Gasteiger partial charge in [0, 0.05) is 13.2 Å². The van der Waals surface area contributed by atoms with Gasteiger partial charge in [0.1, 0.15) is 5.82 Å². The number of aliphatic hydroxyl groups is 2. The van der Waals surface area contributed by atoms with Crippen LogP contribution in [-0.2, 0) is 0 Å². The van der Waals surface area contributed by atoms with Gasteiger partial charge in [0.25, 0.3) is 0 Å². The molecule has 0 saturated heterocycles. The maximum Gasteiger partial charge on any atom is 0.123 e. The standard InChI is InChI=1S/C14H22FNO2/c1-2-11(7-8-17)9-16-10-14(18)12-3-5-13(15)6-4-12/h3-6,11,14,16-18H,2,7-10H2,1H3. The van der Waals surface area contributed by atoms with Gasteiger partial charge in [-0.1, -0.05) is 25.5 Å². The first kappa shape index (κ1) is 15.1. The lowest BCUT2D eigenvalue weighted by Gasteiger charge is -2.17. The summed E-state index contributed by atoms with van der Waals surface area (Å²) in [5.74, 6) is 0.128. The van der Waals surface area contributed by atoms with Crippen LogP contribution in [0.15, 0.2) is 24.3 Å². The van der Waals surface area contributed by atoms with E-state index in [1.165, 1.54) is 12.1 Å². The van der Waals surface area contributed by atoms with Crippen LogP contribution in [0.5, 0.6) is 0 Å². The zero-order valence-electron chi connectivity index (χ0n) is 10.8. The van der Waals surface area contributed by atoms with E-state index in [1.807, 2.05) is 0 Å². The molecule has 1 rings (SSSR count). The van der Waals surface area contributed by atoms with Crippen molar-refractivity contribution in [3.05, 3.63) is 35.6 Å². The molecular weight excluding hydrogens is 233 g/mol. The lowest BCUT2D eigenvalue weighted by Crippen LogP contribution is -2.27. The van der Waals surface area contributed by atoms with Crippen molar-refractivity contribution < 1.29 is 14.6 Å². The summed E-state index contributed by atoms with van der Waals surface area (Å²) >= 11 is 0. The van der Waals surface area contributed by atoms with E-state index in [-0.39, 0.29) is 12.4 Å². The van der Waals surface area contributed by atoms with E-state index >= 15 is 0 Å². The maximum atomic E-state index is 12.7. The van der Waals surface area contributed by atoms with E-state index in [1.54, 1.807) is 12.1 Å². The van der Waals surface area contributed by atoms with E-state index in [4.69, 9.17) is 5.11 Å². The second-order valence-electron chi connectivity index (χ2n) is 4.51. The number of nitrogens with one attached hydrogen (secondary N) is 1. The van der Waals surface area contributed by atoms with Crippen LogP contribution in [0.1, 0.15) is 31.4 Å². The van der Waals surface area contributed by atoms with Gasteiger partial charge in [-0.3, -0.25) is 0 Å². The van der Waals surface area contributed by atoms with Gasteiger partial charge in [0.2, 0.25) is 0 Å². The topological polar surface area (TPSA) is 52.5 Å². The van der Waals surface area contributed by atoms with Crippen molar-refractivity contribution in [3.8, 4) is 0 Å². The smallest absolute Gasteiger partial charge is 0.123 e. The van der Waals surface area contributed by atoms with Gasteiger partial charge in [0.15, 0.2) is 0 Å². The monoisotopic (exact) mass is 255 g/mol. The Balaban J connectivity index is 2.32. The SMILES string of the molecule is CCC(CCO)CNCC(O)c1ccc(F)cc1. The van der Waals surface area contributed by atoms with Crippen molar-refractivity contribution in [3.63, 3.8) is 0 Å². The highest BCUT2D eigenvalue weighted by molar-refractivity contribution is 5.18. The Kier molecular flexibility index (Phi) is 6.86. The first-order valence-electron chi connectivity index (χ1n) is 6.42. The second kappa shape index (κ2) is 8.19. The van der Waals surface area contributed by atoms with Gasteiger partial charge in [-0.15, -0.1) is 0 Å². The zero-order chi connectivity index (χ0) is 13.4. The van der Waals surface area contributed by atoms with Crippen molar-refractivity contribution >= 4 is 0 Å². The van der Waals surface area contributed by atoms with Crippen LogP contribution < -0.4 is 5.32 Å². The van der Waals surface area contributed by atoms with E-state index in [9.17, 15) is 9.50 Å². The second-order valence-corrected chi connectivity index (χ2v) is 4.51. The van der Waals surface area contributed by atoms with E-state index in [2.05, 4.69) is 12.2 Å². The molecule has 0 aliphatic heterocycles. The fourth-order valence-corrected chi connectivity index (χ4v) is 1.86. The summed E-state index contributed by atoms with van der Waals surface area (Å²) in [6, 6.07) is 5.87. The molecule has 2 atom stereocenters.